The Morgan fingerprint density at radius 2 is 1.70 bits per heavy atom. The van der Waals surface area contributed by atoms with Crippen LogP contribution in [0.1, 0.15) is 43.6 Å². The Bertz CT molecular complexity index is 877. The number of hydrogen-bond donors (Lipinski definition) is 1. The van der Waals surface area contributed by atoms with Gasteiger partial charge < -0.3 is 10.1 Å². The van der Waals surface area contributed by atoms with Crippen molar-refractivity contribution >= 4 is 23.3 Å². The summed E-state index contributed by atoms with van der Waals surface area (Å²) in [7, 11) is 0. The zero-order chi connectivity index (χ0) is 20.2. The second kappa shape index (κ2) is 8.03. The lowest BCUT2D eigenvalue weighted by atomic mass is 9.96. The van der Waals surface area contributed by atoms with Crippen molar-refractivity contribution in [2.75, 3.05) is 11.9 Å². The molecule has 2 aromatic carbocycles. The van der Waals surface area contributed by atoms with E-state index in [1.807, 2.05) is 0 Å². The number of ketones is 1. The summed E-state index contributed by atoms with van der Waals surface area (Å²) in [4.78, 5) is 36.1. The largest absolute Gasteiger partial charge is 0.462 e. The van der Waals surface area contributed by atoms with Crippen molar-refractivity contribution in [2.45, 2.75) is 20.0 Å². The molecule has 2 aromatic rings. The standard InChI is InChI=1S/C19H16F3NO4/c1-3-27-18(26)14-10-13(23-17(25)12-7-5-4-6-8-12)9-11(2)15(14)16(24)19(20,21)22/h4-10H,3H2,1-2H3,(H,23,25). The summed E-state index contributed by atoms with van der Waals surface area (Å²) in [5.74, 6) is -3.74. The molecular weight excluding hydrogens is 363 g/mol. The van der Waals surface area contributed by atoms with Gasteiger partial charge in [-0.1, -0.05) is 18.2 Å². The summed E-state index contributed by atoms with van der Waals surface area (Å²) < 4.78 is 43.5. The fourth-order valence-corrected chi connectivity index (χ4v) is 2.47. The lowest BCUT2D eigenvalue weighted by Crippen LogP contribution is -2.27. The highest BCUT2D eigenvalue weighted by atomic mass is 19.4. The molecule has 0 saturated carbocycles. The maximum absolute atomic E-state index is 12.9. The fourth-order valence-electron chi connectivity index (χ4n) is 2.47. The van der Waals surface area contributed by atoms with E-state index >= 15 is 0 Å². The summed E-state index contributed by atoms with van der Waals surface area (Å²) in [5.41, 5.74) is -1.06. The first-order chi connectivity index (χ1) is 12.6. The molecule has 0 aliphatic carbocycles. The number of esters is 1. The van der Waals surface area contributed by atoms with Crippen LogP contribution in [0.15, 0.2) is 42.5 Å². The van der Waals surface area contributed by atoms with E-state index in [4.69, 9.17) is 4.74 Å². The van der Waals surface area contributed by atoms with Crippen molar-refractivity contribution < 1.29 is 32.3 Å². The van der Waals surface area contributed by atoms with Gasteiger partial charge in [0.15, 0.2) is 0 Å². The number of benzene rings is 2. The summed E-state index contributed by atoms with van der Waals surface area (Å²) in [6, 6.07) is 10.3. The lowest BCUT2D eigenvalue weighted by molar-refractivity contribution is -0.0886. The van der Waals surface area contributed by atoms with E-state index in [9.17, 15) is 27.6 Å². The number of rotatable bonds is 5. The van der Waals surface area contributed by atoms with Crippen molar-refractivity contribution in [2.24, 2.45) is 0 Å². The number of amides is 1. The van der Waals surface area contributed by atoms with Gasteiger partial charge in [-0.2, -0.15) is 13.2 Å². The van der Waals surface area contributed by atoms with Crippen molar-refractivity contribution in [3.05, 3.63) is 64.7 Å². The molecule has 0 radical (unpaired) electrons. The van der Waals surface area contributed by atoms with Crippen LogP contribution in [0, 0.1) is 6.92 Å². The van der Waals surface area contributed by atoms with Gasteiger partial charge in [0.1, 0.15) is 0 Å². The van der Waals surface area contributed by atoms with Crippen LogP contribution >= 0.6 is 0 Å². The highest BCUT2D eigenvalue weighted by Crippen LogP contribution is 2.29. The predicted molar refractivity (Wildman–Crippen MR) is 91.9 cm³/mol. The SMILES string of the molecule is CCOC(=O)c1cc(NC(=O)c2ccccc2)cc(C)c1C(=O)C(F)(F)F. The van der Waals surface area contributed by atoms with Crippen molar-refractivity contribution in [1.82, 2.24) is 0 Å². The van der Waals surface area contributed by atoms with E-state index in [1.54, 1.807) is 30.3 Å². The summed E-state index contributed by atoms with van der Waals surface area (Å²) in [6.45, 7) is 2.65. The van der Waals surface area contributed by atoms with Gasteiger partial charge in [0.05, 0.1) is 12.2 Å². The third-order valence-electron chi connectivity index (χ3n) is 3.61. The number of anilines is 1. The van der Waals surface area contributed by atoms with Crippen LogP contribution in [-0.4, -0.2) is 30.4 Å². The molecule has 0 aromatic heterocycles. The molecule has 2 rings (SSSR count). The highest BCUT2D eigenvalue weighted by Gasteiger charge is 2.42. The van der Waals surface area contributed by atoms with Gasteiger partial charge in [0, 0.05) is 16.8 Å². The number of aryl methyl sites for hydroxylation is 1. The monoisotopic (exact) mass is 379 g/mol. The quantitative estimate of drug-likeness (QED) is 0.625. The average Bonchev–Trinajstić information content (AvgIpc) is 2.61. The van der Waals surface area contributed by atoms with E-state index in [1.165, 1.54) is 19.9 Å². The molecule has 0 unspecified atom stereocenters. The van der Waals surface area contributed by atoms with E-state index in [-0.39, 0.29) is 17.9 Å². The van der Waals surface area contributed by atoms with Gasteiger partial charge in [-0.25, -0.2) is 4.79 Å². The van der Waals surface area contributed by atoms with Crippen molar-refractivity contribution in [3.8, 4) is 0 Å². The van der Waals surface area contributed by atoms with Crippen LogP contribution in [0.5, 0.6) is 0 Å². The maximum Gasteiger partial charge on any atom is 0.454 e. The molecule has 1 N–H and O–H groups in total. The third-order valence-corrected chi connectivity index (χ3v) is 3.61. The second-order valence-corrected chi connectivity index (χ2v) is 5.58. The molecule has 5 nitrogen and oxygen atoms in total. The van der Waals surface area contributed by atoms with Crippen LogP contribution in [0.3, 0.4) is 0 Å². The van der Waals surface area contributed by atoms with Crippen LogP contribution in [0.25, 0.3) is 0 Å². The Morgan fingerprint density at radius 3 is 2.26 bits per heavy atom. The Hall–Kier alpha value is -3.16. The number of ether oxygens (including phenoxy) is 1. The number of alkyl halides is 3. The molecule has 0 bridgehead atoms. The first-order valence-corrected chi connectivity index (χ1v) is 7.94. The number of carbonyl (C=O) groups is 3. The van der Waals surface area contributed by atoms with Crippen LogP contribution in [0.4, 0.5) is 18.9 Å². The molecule has 8 heteroatoms. The number of carbonyl (C=O) groups excluding carboxylic acids is 3. The maximum atomic E-state index is 12.9. The fraction of sp³-hybridized carbons (Fsp3) is 0.211. The Kier molecular flexibility index (Phi) is 5.99. The minimum Gasteiger partial charge on any atom is -0.462 e. The van der Waals surface area contributed by atoms with E-state index in [0.717, 1.165) is 6.07 Å². The van der Waals surface area contributed by atoms with E-state index < -0.39 is 35.0 Å². The number of halogens is 3. The number of hydrogen-bond acceptors (Lipinski definition) is 4. The van der Waals surface area contributed by atoms with Gasteiger partial charge in [-0.05, 0) is 43.7 Å². The zero-order valence-corrected chi connectivity index (χ0v) is 14.5. The van der Waals surface area contributed by atoms with Gasteiger partial charge in [-0.15, -0.1) is 0 Å². The third kappa shape index (κ3) is 4.72. The number of nitrogens with one attached hydrogen (secondary N) is 1. The molecule has 0 atom stereocenters. The summed E-state index contributed by atoms with van der Waals surface area (Å²) >= 11 is 0. The highest BCUT2D eigenvalue weighted by molar-refractivity contribution is 6.11. The molecule has 27 heavy (non-hydrogen) atoms. The Morgan fingerprint density at radius 1 is 1.07 bits per heavy atom. The second-order valence-electron chi connectivity index (χ2n) is 5.58. The number of Topliss-reactive ketones (excluding diaryl/α,β-unsaturated/α-hetero) is 1. The van der Waals surface area contributed by atoms with Crippen LogP contribution in [-0.2, 0) is 4.74 Å². The molecule has 142 valence electrons. The average molecular weight is 379 g/mol. The first-order valence-electron chi connectivity index (χ1n) is 7.94. The molecule has 0 aliphatic rings. The molecule has 0 saturated heterocycles. The van der Waals surface area contributed by atoms with Gasteiger partial charge in [-0.3, -0.25) is 9.59 Å². The smallest absolute Gasteiger partial charge is 0.454 e. The summed E-state index contributed by atoms with van der Waals surface area (Å²) in [5, 5.41) is 2.50. The Balaban J connectivity index is 2.48. The first kappa shape index (κ1) is 20.2. The van der Waals surface area contributed by atoms with Gasteiger partial charge in [0.25, 0.3) is 11.7 Å². The zero-order valence-electron chi connectivity index (χ0n) is 14.5. The minimum absolute atomic E-state index is 0.0723. The minimum atomic E-state index is -5.15. The molecular formula is C19H16F3NO4. The van der Waals surface area contributed by atoms with Crippen molar-refractivity contribution in [1.29, 1.82) is 0 Å². The summed E-state index contributed by atoms with van der Waals surface area (Å²) in [6.07, 6.45) is -5.15. The molecule has 0 aliphatic heterocycles. The van der Waals surface area contributed by atoms with Crippen LogP contribution in [0.2, 0.25) is 0 Å². The normalized spacial score (nSPS) is 11.0. The molecule has 0 spiro atoms. The molecule has 0 fully saturated rings. The van der Waals surface area contributed by atoms with Gasteiger partial charge >= 0.3 is 12.1 Å². The molecule has 1 amide bonds. The van der Waals surface area contributed by atoms with Gasteiger partial charge in [0.2, 0.25) is 0 Å². The Labute approximate surface area is 153 Å². The van der Waals surface area contributed by atoms with Crippen molar-refractivity contribution in [3.63, 3.8) is 0 Å². The van der Waals surface area contributed by atoms with E-state index in [2.05, 4.69) is 5.32 Å². The van der Waals surface area contributed by atoms with Crippen LogP contribution < -0.4 is 5.32 Å². The topological polar surface area (TPSA) is 72.5 Å². The predicted octanol–water partition coefficient (Wildman–Crippen LogP) is 4.17. The molecule has 0 heterocycles. The lowest BCUT2D eigenvalue weighted by Gasteiger charge is -2.15. The van der Waals surface area contributed by atoms with E-state index in [0.29, 0.717) is 5.56 Å².